The van der Waals surface area contributed by atoms with Crippen molar-refractivity contribution in [2.24, 2.45) is 0 Å². The van der Waals surface area contributed by atoms with Gasteiger partial charge in [0.2, 0.25) is 5.82 Å². The van der Waals surface area contributed by atoms with E-state index in [0.29, 0.717) is 12.4 Å². The molecular formula is C18H18N6O2. The molecule has 8 heteroatoms. The molecule has 0 spiro atoms. The molecule has 3 aromatic rings. The van der Waals surface area contributed by atoms with E-state index in [9.17, 15) is 9.59 Å². The molecule has 4 rings (SSSR count). The van der Waals surface area contributed by atoms with Gasteiger partial charge in [0.05, 0.1) is 0 Å². The molecule has 0 radical (unpaired) electrons. The van der Waals surface area contributed by atoms with Gasteiger partial charge in [-0.05, 0) is 47.7 Å². The Kier molecular flexibility index (Phi) is 4.08. The molecule has 0 saturated heterocycles. The molecule has 0 atom stereocenters. The second-order valence-electron chi connectivity index (χ2n) is 6.47. The molecule has 2 N–H and O–H groups in total. The van der Waals surface area contributed by atoms with Crippen molar-refractivity contribution in [2.45, 2.75) is 25.8 Å². The number of carbonyl (C=O) groups is 1. The Bertz CT molecular complexity index is 1010. The zero-order valence-corrected chi connectivity index (χ0v) is 14.3. The summed E-state index contributed by atoms with van der Waals surface area (Å²) in [6, 6.07) is 9.32. The minimum Gasteiger partial charge on any atom is -0.337 e. The minimum absolute atomic E-state index is 0.197. The fourth-order valence-corrected chi connectivity index (χ4v) is 3.32. The average Bonchev–Trinajstić information content (AvgIpc) is 3.32. The van der Waals surface area contributed by atoms with E-state index < -0.39 is 0 Å². The zero-order chi connectivity index (χ0) is 18.1. The van der Waals surface area contributed by atoms with Crippen LogP contribution in [0.4, 0.5) is 0 Å². The lowest BCUT2D eigenvalue weighted by atomic mass is 10.1. The summed E-state index contributed by atoms with van der Waals surface area (Å²) in [6.07, 6.45) is 2.79. The van der Waals surface area contributed by atoms with Crippen LogP contribution >= 0.6 is 0 Å². The number of pyridine rings is 1. The standard InChI is InChI=1S/C18H18N6O2/c1-24(10-11-4-2-6-13(8-11)16-20-22-23-21-16)18(26)14-9-12-5-3-7-15(12)19-17(14)25/h2,4,6,8-9H,3,5,7,10H2,1H3,(H,19,25)(H,20,21,22,23). The number of aromatic nitrogens is 5. The van der Waals surface area contributed by atoms with Crippen molar-refractivity contribution < 1.29 is 4.79 Å². The third-order valence-corrected chi connectivity index (χ3v) is 4.62. The van der Waals surface area contributed by atoms with Crippen LogP contribution in [0.2, 0.25) is 0 Å². The van der Waals surface area contributed by atoms with Gasteiger partial charge in [-0.2, -0.15) is 5.21 Å². The molecule has 0 aliphatic heterocycles. The molecule has 132 valence electrons. The van der Waals surface area contributed by atoms with Crippen LogP contribution in [0.5, 0.6) is 0 Å². The van der Waals surface area contributed by atoms with E-state index in [-0.39, 0.29) is 17.0 Å². The van der Waals surface area contributed by atoms with Gasteiger partial charge in [0.1, 0.15) is 5.56 Å². The number of carbonyl (C=O) groups excluding carboxylic acids is 1. The lowest BCUT2D eigenvalue weighted by molar-refractivity contribution is 0.0783. The fourth-order valence-electron chi connectivity index (χ4n) is 3.32. The van der Waals surface area contributed by atoms with Crippen molar-refractivity contribution in [2.75, 3.05) is 7.05 Å². The van der Waals surface area contributed by atoms with E-state index in [1.165, 1.54) is 0 Å². The number of hydrogen-bond donors (Lipinski definition) is 2. The van der Waals surface area contributed by atoms with E-state index in [1.54, 1.807) is 18.0 Å². The topological polar surface area (TPSA) is 108 Å². The van der Waals surface area contributed by atoms with Crippen LogP contribution in [-0.2, 0) is 19.4 Å². The summed E-state index contributed by atoms with van der Waals surface area (Å²) < 4.78 is 0. The fraction of sp³-hybridized carbons (Fsp3) is 0.278. The Labute approximate surface area is 149 Å². The molecule has 2 heterocycles. The number of rotatable bonds is 4. The number of amides is 1. The second kappa shape index (κ2) is 6.55. The molecule has 0 fully saturated rings. The highest BCUT2D eigenvalue weighted by atomic mass is 16.2. The van der Waals surface area contributed by atoms with Crippen LogP contribution in [0.25, 0.3) is 11.4 Å². The third-order valence-electron chi connectivity index (χ3n) is 4.62. The predicted molar refractivity (Wildman–Crippen MR) is 94.5 cm³/mol. The summed E-state index contributed by atoms with van der Waals surface area (Å²) >= 11 is 0. The Morgan fingerprint density at radius 3 is 2.96 bits per heavy atom. The van der Waals surface area contributed by atoms with Crippen LogP contribution in [0.3, 0.4) is 0 Å². The highest BCUT2D eigenvalue weighted by Gasteiger charge is 2.20. The summed E-state index contributed by atoms with van der Waals surface area (Å²) in [4.78, 5) is 29.4. The van der Waals surface area contributed by atoms with Crippen LogP contribution in [0.1, 0.15) is 33.6 Å². The molecule has 0 unspecified atom stereocenters. The monoisotopic (exact) mass is 350 g/mol. The van der Waals surface area contributed by atoms with Crippen molar-refractivity contribution >= 4 is 5.91 Å². The number of H-pyrrole nitrogens is 2. The van der Waals surface area contributed by atoms with Crippen LogP contribution in [0.15, 0.2) is 35.1 Å². The largest absolute Gasteiger partial charge is 0.337 e. The number of aromatic amines is 2. The van der Waals surface area contributed by atoms with E-state index in [1.807, 2.05) is 24.3 Å². The Balaban J connectivity index is 1.55. The van der Waals surface area contributed by atoms with Crippen molar-refractivity contribution in [3.05, 3.63) is 63.1 Å². The summed E-state index contributed by atoms with van der Waals surface area (Å²) in [5, 5.41) is 13.9. The Hall–Kier alpha value is -3.29. The normalized spacial score (nSPS) is 12.8. The zero-order valence-electron chi connectivity index (χ0n) is 14.3. The van der Waals surface area contributed by atoms with Gasteiger partial charge in [-0.25, -0.2) is 0 Å². The first-order valence-electron chi connectivity index (χ1n) is 8.45. The molecular weight excluding hydrogens is 332 g/mol. The maximum atomic E-state index is 12.7. The first-order chi connectivity index (χ1) is 12.6. The maximum absolute atomic E-state index is 12.7. The summed E-state index contributed by atoms with van der Waals surface area (Å²) in [6.45, 7) is 0.376. The lowest BCUT2D eigenvalue weighted by Gasteiger charge is -2.17. The van der Waals surface area contributed by atoms with Crippen LogP contribution in [0, 0.1) is 0 Å². The summed E-state index contributed by atoms with van der Waals surface area (Å²) in [5.74, 6) is 0.210. The van der Waals surface area contributed by atoms with Crippen LogP contribution < -0.4 is 5.56 Å². The number of aryl methyl sites for hydroxylation is 2. The molecule has 1 aromatic carbocycles. The number of benzene rings is 1. The van der Waals surface area contributed by atoms with Crippen LogP contribution in [-0.4, -0.2) is 43.5 Å². The summed E-state index contributed by atoms with van der Waals surface area (Å²) in [5.41, 5.74) is 3.64. The smallest absolute Gasteiger partial charge is 0.261 e. The van der Waals surface area contributed by atoms with E-state index in [0.717, 1.165) is 41.6 Å². The predicted octanol–water partition coefficient (Wildman–Crippen LogP) is 1.32. The van der Waals surface area contributed by atoms with Crippen molar-refractivity contribution in [1.82, 2.24) is 30.5 Å². The Morgan fingerprint density at radius 1 is 1.27 bits per heavy atom. The van der Waals surface area contributed by atoms with Gasteiger partial charge in [-0.3, -0.25) is 9.59 Å². The molecule has 1 aliphatic rings. The number of nitrogens with zero attached hydrogens (tertiary/aromatic N) is 4. The highest BCUT2D eigenvalue weighted by Crippen LogP contribution is 2.20. The van der Waals surface area contributed by atoms with Gasteiger partial charge < -0.3 is 9.88 Å². The summed E-state index contributed by atoms with van der Waals surface area (Å²) in [7, 11) is 1.69. The van der Waals surface area contributed by atoms with Gasteiger partial charge in [0.25, 0.3) is 11.5 Å². The molecule has 8 nitrogen and oxygen atoms in total. The van der Waals surface area contributed by atoms with Gasteiger partial charge >= 0.3 is 0 Å². The third kappa shape index (κ3) is 3.01. The van der Waals surface area contributed by atoms with Gasteiger partial charge in [0, 0.05) is 24.8 Å². The van der Waals surface area contributed by atoms with Crippen molar-refractivity contribution in [3.63, 3.8) is 0 Å². The first kappa shape index (κ1) is 16.2. The Morgan fingerprint density at radius 2 is 2.15 bits per heavy atom. The number of fused-ring (bicyclic) bond motifs is 1. The molecule has 0 bridgehead atoms. The van der Waals surface area contributed by atoms with Crippen molar-refractivity contribution in [1.29, 1.82) is 0 Å². The maximum Gasteiger partial charge on any atom is 0.261 e. The first-order valence-corrected chi connectivity index (χ1v) is 8.45. The highest BCUT2D eigenvalue weighted by molar-refractivity contribution is 5.93. The van der Waals surface area contributed by atoms with E-state index >= 15 is 0 Å². The van der Waals surface area contributed by atoms with Crippen molar-refractivity contribution in [3.8, 4) is 11.4 Å². The average molecular weight is 350 g/mol. The molecule has 0 saturated carbocycles. The molecule has 1 aliphatic carbocycles. The van der Waals surface area contributed by atoms with Gasteiger partial charge in [-0.1, -0.05) is 18.2 Å². The number of nitrogens with one attached hydrogen (secondary N) is 2. The number of tetrazole rings is 1. The quantitative estimate of drug-likeness (QED) is 0.738. The van der Waals surface area contributed by atoms with Gasteiger partial charge in [-0.15, -0.1) is 10.2 Å². The second-order valence-corrected chi connectivity index (χ2v) is 6.47. The van der Waals surface area contributed by atoms with E-state index in [4.69, 9.17) is 0 Å². The van der Waals surface area contributed by atoms with E-state index in [2.05, 4.69) is 25.6 Å². The molecule has 1 amide bonds. The lowest BCUT2D eigenvalue weighted by Crippen LogP contribution is -2.31. The molecule has 2 aromatic heterocycles. The SMILES string of the molecule is CN(Cc1cccc(-c2nn[nH]n2)c1)C(=O)c1cc2c([nH]c1=O)CCC2. The molecule has 26 heavy (non-hydrogen) atoms. The minimum atomic E-state index is -0.317. The number of hydrogen-bond acceptors (Lipinski definition) is 5. The van der Waals surface area contributed by atoms with Gasteiger partial charge in [0.15, 0.2) is 0 Å².